The van der Waals surface area contributed by atoms with E-state index in [-0.39, 0.29) is 5.91 Å². The van der Waals surface area contributed by atoms with Gasteiger partial charge >= 0.3 is 0 Å². The first-order valence-electron chi connectivity index (χ1n) is 5.91. The topological polar surface area (TPSA) is 50.7 Å². The van der Waals surface area contributed by atoms with Crippen molar-refractivity contribution in [2.75, 3.05) is 7.11 Å². The molecule has 0 aromatic heterocycles. The summed E-state index contributed by atoms with van der Waals surface area (Å²) in [6, 6.07) is 5.50. The van der Waals surface area contributed by atoms with Crippen molar-refractivity contribution < 1.29 is 9.53 Å². The van der Waals surface area contributed by atoms with Gasteiger partial charge in [-0.25, -0.2) is 0 Å². The fourth-order valence-electron chi connectivity index (χ4n) is 1.43. The highest BCUT2D eigenvalue weighted by Gasteiger charge is 2.20. The van der Waals surface area contributed by atoms with Crippen molar-refractivity contribution in [1.29, 1.82) is 0 Å². The molecule has 0 aliphatic rings. The van der Waals surface area contributed by atoms with Crippen molar-refractivity contribution in [3.8, 4) is 5.75 Å². The molecule has 1 amide bonds. The highest BCUT2D eigenvalue weighted by Crippen LogP contribution is 2.28. The summed E-state index contributed by atoms with van der Waals surface area (Å²) in [5.41, 5.74) is 1.14. The van der Waals surface area contributed by atoms with Gasteiger partial charge in [0.1, 0.15) is 11.4 Å². The highest BCUT2D eigenvalue weighted by molar-refractivity contribution is 7.78. The molecule has 19 heavy (non-hydrogen) atoms. The number of hydrogen-bond donors (Lipinski definition) is 1. The molecule has 0 unspecified atom stereocenters. The molecule has 0 bridgehead atoms. The number of rotatable bonds is 4. The van der Waals surface area contributed by atoms with Gasteiger partial charge in [-0.1, -0.05) is 26.8 Å². The van der Waals surface area contributed by atoms with Crippen LogP contribution in [0.5, 0.6) is 5.75 Å². The number of nitrogens with one attached hydrogen (secondary N) is 1. The summed E-state index contributed by atoms with van der Waals surface area (Å²) in [5.74, 6) is 0.631. The molecule has 0 saturated carbocycles. The zero-order chi connectivity index (χ0) is 14.5. The normalized spacial score (nSPS) is 10.5. The maximum atomic E-state index is 11.8. The van der Waals surface area contributed by atoms with Crippen LogP contribution in [-0.2, 0) is 11.3 Å². The Balaban J connectivity index is 2.83. The summed E-state index contributed by atoms with van der Waals surface area (Å²) in [4.78, 5) is 15.7. The molecule has 1 rings (SSSR count). The van der Waals surface area contributed by atoms with Crippen LogP contribution in [0.1, 0.15) is 26.3 Å². The number of methoxy groups -OCH3 is 1. The lowest BCUT2D eigenvalue weighted by molar-refractivity contribution is -0.128. The van der Waals surface area contributed by atoms with Gasteiger partial charge in [-0.15, -0.1) is 0 Å². The molecule has 0 radical (unpaired) electrons. The highest BCUT2D eigenvalue weighted by atomic mass is 32.1. The zero-order valence-corrected chi connectivity index (χ0v) is 12.4. The molecule has 0 atom stereocenters. The second-order valence-electron chi connectivity index (χ2n) is 5.14. The summed E-state index contributed by atoms with van der Waals surface area (Å²) < 4.78 is 5.17. The summed E-state index contributed by atoms with van der Waals surface area (Å²) in [6.45, 7) is 6.06. The largest absolute Gasteiger partial charge is 0.494 e. The predicted molar refractivity (Wildman–Crippen MR) is 79.0 cm³/mol. The molecule has 1 aromatic carbocycles. The first kappa shape index (κ1) is 15.3. The number of carbonyl (C=O) groups excluding carboxylic acids is 1. The third-order valence-electron chi connectivity index (χ3n) is 2.54. The lowest BCUT2D eigenvalue weighted by atomic mass is 9.95. The molecule has 0 saturated heterocycles. The summed E-state index contributed by atoms with van der Waals surface area (Å²) >= 11 is 4.60. The van der Waals surface area contributed by atoms with Crippen molar-refractivity contribution in [2.45, 2.75) is 27.3 Å². The van der Waals surface area contributed by atoms with E-state index in [9.17, 15) is 4.79 Å². The predicted octanol–water partition coefficient (Wildman–Crippen LogP) is 3.09. The van der Waals surface area contributed by atoms with Crippen molar-refractivity contribution in [3.63, 3.8) is 0 Å². The second kappa shape index (κ2) is 6.45. The molecule has 0 aliphatic carbocycles. The van der Waals surface area contributed by atoms with Gasteiger partial charge in [0.2, 0.25) is 5.91 Å². The van der Waals surface area contributed by atoms with Crippen LogP contribution < -0.4 is 10.1 Å². The minimum atomic E-state index is -0.401. The fraction of sp³-hybridized carbons (Fsp3) is 0.429. The van der Waals surface area contributed by atoms with E-state index in [1.54, 1.807) is 13.2 Å². The van der Waals surface area contributed by atoms with Crippen LogP contribution in [0.4, 0.5) is 5.69 Å². The number of aliphatic imine (C=N–C) groups is 1. The first-order chi connectivity index (χ1) is 8.88. The molecule has 0 aliphatic heterocycles. The van der Waals surface area contributed by atoms with Crippen molar-refractivity contribution >= 4 is 29.0 Å². The summed E-state index contributed by atoms with van der Waals surface area (Å²) in [7, 11) is 1.57. The van der Waals surface area contributed by atoms with Gasteiger partial charge < -0.3 is 10.1 Å². The third-order valence-corrected chi connectivity index (χ3v) is 2.63. The first-order valence-corrected chi connectivity index (χ1v) is 6.32. The number of ether oxygens (including phenoxy) is 1. The molecular weight excluding hydrogens is 260 g/mol. The van der Waals surface area contributed by atoms with Gasteiger partial charge in [-0.05, 0) is 29.9 Å². The van der Waals surface area contributed by atoms with Crippen LogP contribution in [-0.4, -0.2) is 18.2 Å². The Kier molecular flexibility index (Phi) is 5.21. The Bertz CT molecular complexity index is 515. The standard InChI is InChI=1S/C14H18N2O2S/c1-14(2,3)13(17)15-8-10-5-6-12(18-4)11(7-10)16-9-19/h5-7H,8H2,1-4H3,(H,15,17). The molecule has 0 spiro atoms. The summed E-state index contributed by atoms with van der Waals surface area (Å²) in [5, 5.41) is 5.19. The van der Waals surface area contributed by atoms with Crippen LogP contribution in [0, 0.1) is 5.41 Å². The average Bonchev–Trinajstić information content (AvgIpc) is 2.35. The number of nitrogens with zero attached hydrogens (tertiary/aromatic N) is 1. The number of thiocarbonyl (C=S) groups is 1. The van der Waals surface area contributed by atoms with E-state index >= 15 is 0 Å². The maximum Gasteiger partial charge on any atom is 0.225 e. The van der Waals surface area contributed by atoms with Crippen LogP contribution in [0.25, 0.3) is 0 Å². The van der Waals surface area contributed by atoms with Gasteiger partial charge in [-0.2, -0.15) is 4.99 Å². The number of hydrogen-bond acceptors (Lipinski definition) is 4. The number of carbonyl (C=O) groups is 1. The van der Waals surface area contributed by atoms with Crippen LogP contribution in [0.15, 0.2) is 23.2 Å². The average molecular weight is 278 g/mol. The van der Waals surface area contributed by atoms with Crippen molar-refractivity contribution in [3.05, 3.63) is 23.8 Å². The lowest BCUT2D eigenvalue weighted by Crippen LogP contribution is -2.34. The SMILES string of the molecule is COc1ccc(CNC(=O)C(C)(C)C)cc1N=C=S. The molecule has 1 N–H and O–H groups in total. The van der Waals surface area contributed by atoms with E-state index in [1.165, 1.54) is 0 Å². The van der Waals surface area contributed by atoms with Gasteiger partial charge in [0, 0.05) is 12.0 Å². The van der Waals surface area contributed by atoms with E-state index in [2.05, 4.69) is 27.7 Å². The zero-order valence-electron chi connectivity index (χ0n) is 11.6. The van der Waals surface area contributed by atoms with Gasteiger partial charge in [0.05, 0.1) is 12.3 Å². The van der Waals surface area contributed by atoms with E-state index in [1.807, 2.05) is 32.9 Å². The second-order valence-corrected chi connectivity index (χ2v) is 5.32. The fourth-order valence-corrected chi connectivity index (χ4v) is 1.53. The molecule has 0 fully saturated rings. The molecule has 4 nitrogen and oxygen atoms in total. The van der Waals surface area contributed by atoms with Crippen molar-refractivity contribution in [1.82, 2.24) is 5.32 Å². The van der Waals surface area contributed by atoms with Gasteiger partial charge in [-0.3, -0.25) is 4.79 Å². The lowest BCUT2D eigenvalue weighted by Gasteiger charge is -2.17. The minimum absolute atomic E-state index is 0.00296. The Morgan fingerprint density at radius 2 is 2.16 bits per heavy atom. The Hall–Kier alpha value is -1.71. The molecule has 1 aromatic rings. The molecule has 102 valence electrons. The van der Waals surface area contributed by atoms with Crippen LogP contribution in [0.2, 0.25) is 0 Å². The van der Waals surface area contributed by atoms with E-state index < -0.39 is 5.41 Å². The van der Waals surface area contributed by atoms with Crippen molar-refractivity contribution in [2.24, 2.45) is 10.4 Å². The minimum Gasteiger partial charge on any atom is -0.494 e. The molecule has 0 heterocycles. The number of amides is 1. The summed E-state index contributed by atoms with van der Waals surface area (Å²) in [6.07, 6.45) is 0. The molecule has 5 heteroatoms. The monoisotopic (exact) mass is 278 g/mol. The Morgan fingerprint density at radius 1 is 1.47 bits per heavy atom. The quantitative estimate of drug-likeness (QED) is 0.680. The Labute approximate surface area is 118 Å². The van der Waals surface area contributed by atoms with E-state index in [4.69, 9.17) is 4.74 Å². The van der Waals surface area contributed by atoms with Crippen LogP contribution in [0.3, 0.4) is 0 Å². The number of isothiocyanates is 1. The smallest absolute Gasteiger partial charge is 0.225 e. The van der Waals surface area contributed by atoms with Crippen LogP contribution >= 0.6 is 12.2 Å². The van der Waals surface area contributed by atoms with E-state index in [0.717, 1.165) is 5.56 Å². The van der Waals surface area contributed by atoms with Gasteiger partial charge in [0.25, 0.3) is 0 Å². The number of benzene rings is 1. The Morgan fingerprint density at radius 3 is 2.68 bits per heavy atom. The van der Waals surface area contributed by atoms with E-state index in [0.29, 0.717) is 18.0 Å². The maximum absolute atomic E-state index is 11.8. The molecular formula is C14H18N2O2S. The third kappa shape index (κ3) is 4.47. The van der Waals surface area contributed by atoms with Gasteiger partial charge in [0.15, 0.2) is 0 Å².